The lowest BCUT2D eigenvalue weighted by atomic mass is 10.1. The number of likely N-dealkylation sites (tertiary alicyclic amines) is 1. The molecule has 1 saturated heterocycles. The third-order valence-corrected chi connectivity index (χ3v) is 4.38. The number of amides is 2. The molecule has 1 fully saturated rings. The van der Waals surface area contributed by atoms with Gasteiger partial charge in [0.15, 0.2) is 0 Å². The summed E-state index contributed by atoms with van der Waals surface area (Å²) in [6.45, 7) is 6.84. The Morgan fingerprint density at radius 3 is 2.67 bits per heavy atom. The molecule has 0 aliphatic carbocycles. The topological polar surface area (TPSA) is 61.8 Å². The number of ether oxygens (including phenoxy) is 1. The zero-order chi connectivity index (χ0) is 17.5. The number of aliphatic hydroxyl groups is 1. The molecule has 5 heteroatoms. The minimum Gasteiger partial charge on any atom is -0.491 e. The molecule has 24 heavy (non-hydrogen) atoms. The summed E-state index contributed by atoms with van der Waals surface area (Å²) in [6, 6.07) is 8.17. The minimum absolute atomic E-state index is 0.0225. The molecular weight excluding hydrogens is 304 g/mol. The van der Waals surface area contributed by atoms with Crippen LogP contribution in [-0.4, -0.2) is 47.4 Å². The fourth-order valence-corrected chi connectivity index (χ4v) is 3.05. The molecule has 2 amide bonds. The van der Waals surface area contributed by atoms with Crippen molar-refractivity contribution in [3.05, 3.63) is 29.8 Å². The Kier molecular flexibility index (Phi) is 6.91. The van der Waals surface area contributed by atoms with E-state index < -0.39 is 0 Å². The summed E-state index contributed by atoms with van der Waals surface area (Å²) in [5.41, 5.74) is 1.24. The van der Waals surface area contributed by atoms with Crippen molar-refractivity contribution in [2.24, 2.45) is 0 Å². The largest absolute Gasteiger partial charge is 0.491 e. The van der Waals surface area contributed by atoms with Gasteiger partial charge < -0.3 is 20.1 Å². The van der Waals surface area contributed by atoms with Crippen molar-refractivity contribution < 1.29 is 14.6 Å². The number of benzene rings is 1. The maximum absolute atomic E-state index is 12.3. The molecule has 2 rings (SSSR count). The molecule has 2 atom stereocenters. The third kappa shape index (κ3) is 5.41. The Labute approximate surface area is 145 Å². The van der Waals surface area contributed by atoms with Crippen LogP contribution in [0.25, 0.3) is 0 Å². The molecule has 0 bridgehead atoms. The highest BCUT2D eigenvalue weighted by Crippen LogP contribution is 2.18. The van der Waals surface area contributed by atoms with Gasteiger partial charge in [0, 0.05) is 12.6 Å². The van der Waals surface area contributed by atoms with Crippen molar-refractivity contribution in [3.8, 4) is 5.75 Å². The summed E-state index contributed by atoms with van der Waals surface area (Å²) in [7, 11) is 0. The number of carbonyl (C=O) groups is 1. The minimum atomic E-state index is -0.0558. The van der Waals surface area contributed by atoms with E-state index in [2.05, 4.69) is 17.4 Å². The molecule has 1 aromatic carbocycles. The fraction of sp³-hybridized carbons (Fsp3) is 0.632. The van der Waals surface area contributed by atoms with Gasteiger partial charge in [0.05, 0.1) is 18.8 Å². The van der Waals surface area contributed by atoms with Crippen LogP contribution in [-0.2, 0) is 6.42 Å². The molecule has 0 aromatic heterocycles. The molecule has 1 aromatic rings. The molecular formula is C19H30N2O3. The standard InChI is InChI=1S/C19H30N2O3/c1-14(2)24-18-10-8-16(9-11-18)7-6-15(3)20-19(23)21-12-4-5-17(21)13-22/h8-11,14-15,17,22H,4-7,12-13H2,1-3H3,(H,20,23). The zero-order valence-electron chi connectivity index (χ0n) is 15.0. The highest BCUT2D eigenvalue weighted by atomic mass is 16.5. The Hall–Kier alpha value is -1.75. The summed E-state index contributed by atoms with van der Waals surface area (Å²) in [5.74, 6) is 0.888. The number of hydrogen-bond donors (Lipinski definition) is 2. The van der Waals surface area contributed by atoms with E-state index in [4.69, 9.17) is 4.74 Å². The maximum Gasteiger partial charge on any atom is 0.317 e. The van der Waals surface area contributed by atoms with Crippen molar-refractivity contribution >= 4 is 6.03 Å². The van der Waals surface area contributed by atoms with Crippen molar-refractivity contribution in [2.45, 2.75) is 64.6 Å². The summed E-state index contributed by atoms with van der Waals surface area (Å²) in [5, 5.41) is 12.4. The first-order valence-corrected chi connectivity index (χ1v) is 8.93. The molecule has 5 nitrogen and oxygen atoms in total. The first-order chi connectivity index (χ1) is 11.5. The van der Waals surface area contributed by atoms with Gasteiger partial charge in [-0.3, -0.25) is 0 Å². The SMILES string of the molecule is CC(CCc1ccc(OC(C)C)cc1)NC(=O)N1CCCC1CO. The zero-order valence-corrected chi connectivity index (χ0v) is 15.0. The van der Waals surface area contributed by atoms with Crippen LogP contribution >= 0.6 is 0 Å². The smallest absolute Gasteiger partial charge is 0.317 e. The van der Waals surface area contributed by atoms with E-state index in [0.29, 0.717) is 0 Å². The Morgan fingerprint density at radius 1 is 1.33 bits per heavy atom. The Balaban J connectivity index is 1.76. The maximum atomic E-state index is 12.3. The molecule has 1 heterocycles. The van der Waals surface area contributed by atoms with Gasteiger partial charge in [0.2, 0.25) is 0 Å². The third-order valence-electron chi connectivity index (χ3n) is 4.38. The highest BCUT2D eigenvalue weighted by molar-refractivity contribution is 5.75. The Bertz CT molecular complexity index is 516. The lowest BCUT2D eigenvalue weighted by molar-refractivity contribution is 0.155. The lowest BCUT2D eigenvalue weighted by Crippen LogP contribution is -2.47. The summed E-state index contributed by atoms with van der Waals surface area (Å²) >= 11 is 0. The number of nitrogens with one attached hydrogen (secondary N) is 1. The molecule has 134 valence electrons. The number of carbonyl (C=O) groups excluding carboxylic acids is 1. The first kappa shape index (κ1) is 18.6. The van der Waals surface area contributed by atoms with Crippen molar-refractivity contribution in [1.82, 2.24) is 10.2 Å². The van der Waals surface area contributed by atoms with E-state index in [1.807, 2.05) is 32.9 Å². The number of hydrogen-bond acceptors (Lipinski definition) is 3. The molecule has 0 saturated carbocycles. The molecule has 0 spiro atoms. The lowest BCUT2D eigenvalue weighted by Gasteiger charge is -2.25. The van der Waals surface area contributed by atoms with Gasteiger partial charge in [-0.15, -0.1) is 0 Å². The monoisotopic (exact) mass is 334 g/mol. The van der Waals surface area contributed by atoms with E-state index in [0.717, 1.165) is 38.0 Å². The van der Waals surface area contributed by atoms with Gasteiger partial charge in [-0.1, -0.05) is 12.1 Å². The van der Waals surface area contributed by atoms with Gasteiger partial charge in [0.25, 0.3) is 0 Å². The quantitative estimate of drug-likeness (QED) is 0.806. The number of rotatable bonds is 7. The van der Waals surface area contributed by atoms with Crippen LogP contribution in [0, 0.1) is 0 Å². The molecule has 1 aliphatic heterocycles. The van der Waals surface area contributed by atoms with E-state index in [1.54, 1.807) is 4.90 Å². The molecule has 1 aliphatic rings. The number of urea groups is 1. The first-order valence-electron chi connectivity index (χ1n) is 8.93. The highest BCUT2D eigenvalue weighted by Gasteiger charge is 2.28. The molecule has 0 radical (unpaired) electrons. The second-order valence-electron chi connectivity index (χ2n) is 6.87. The van der Waals surface area contributed by atoms with Crippen LogP contribution in [0.2, 0.25) is 0 Å². The second kappa shape index (κ2) is 8.92. The summed E-state index contributed by atoms with van der Waals surface area (Å²) in [4.78, 5) is 14.0. The summed E-state index contributed by atoms with van der Waals surface area (Å²) in [6.07, 6.45) is 3.83. The van der Waals surface area contributed by atoms with Crippen molar-refractivity contribution in [3.63, 3.8) is 0 Å². The van der Waals surface area contributed by atoms with Gasteiger partial charge >= 0.3 is 6.03 Å². The number of aliphatic hydroxyl groups excluding tert-OH is 1. The van der Waals surface area contributed by atoms with Crippen LogP contribution in [0.3, 0.4) is 0 Å². The van der Waals surface area contributed by atoms with Gasteiger partial charge in [-0.2, -0.15) is 0 Å². The Morgan fingerprint density at radius 2 is 2.04 bits per heavy atom. The van der Waals surface area contributed by atoms with Crippen LogP contribution < -0.4 is 10.1 Å². The van der Waals surface area contributed by atoms with Gasteiger partial charge in [-0.25, -0.2) is 4.79 Å². The number of aryl methyl sites for hydroxylation is 1. The average Bonchev–Trinajstić information content (AvgIpc) is 3.02. The molecule has 2 unspecified atom stereocenters. The number of nitrogens with zero attached hydrogens (tertiary/aromatic N) is 1. The van der Waals surface area contributed by atoms with Gasteiger partial charge in [-0.05, 0) is 64.2 Å². The normalized spacial score (nSPS) is 18.7. The predicted octanol–water partition coefficient (Wildman–Crippen LogP) is 2.96. The average molecular weight is 334 g/mol. The van der Waals surface area contributed by atoms with Crippen molar-refractivity contribution in [2.75, 3.05) is 13.2 Å². The van der Waals surface area contributed by atoms with Crippen molar-refractivity contribution in [1.29, 1.82) is 0 Å². The predicted molar refractivity (Wildman–Crippen MR) is 95.3 cm³/mol. The van der Waals surface area contributed by atoms with E-state index in [-0.39, 0.29) is 30.8 Å². The van der Waals surface area contributed by atoms with Gasteiger partial charge in [0.1, 0.15) is 5.75 Å². The second-order valence-corrected chi connectivity index (χ2v) is 6.87. The van der Waals surface area contributed by atoms with Crippen LogP contribution in [0.15, 0.2) is 24.3 Å². The molecule has 2 N–H and O–H groups in total. The van der Waals surface area contributed by atoms with Crippen LogP contribution in [0.1, 0.15) is 45.6 Å². The van der Waals surface area contributed by atoms with E-state index in [9.17, 15) is 9.90 Å². The fourth-order valence-electron chi connectivity index (χ4n) is 3.05. The summed E-state index contributed by atoms with van der Waals surface area (Å²) < 4.78 is 5.64. The van der Waals surface area contributed by atoms with E-state index >= 15 is 0 Å². The van der Waals surface area contributed by atoms with Crippen LogP contribution in [0.5, 0.6) is 5.75 Å². The van der Waals surface area contributed by atoms with E-state index in [1.165, 1.54) is 5.56 Å². The van der Waals surface area contributed by atoms with Crippen LogP contribution in [0.4, 0.5) is 4.79 Å².